The number of benzene rings is 2. The van der Waals surface area contributed by atoms with Crippen molar-refractivity contribution in [2.45, 2.75) is 44.6 Å². The van der Waals surface area contributed by atoms with E-state index in [0.29, 0.717) is 31.9 Å². The van der Waals surface area contributed by atoms with Crippen LogP contribution >= 0.6 is 0 Å². The van der Waals surface area contributed by atoms with Crippen molar-refractivity contribution in [3.63, 3.8) is 0 Å². The molecule has 0 unspecified atom stereocenters. The number of rotatable bonds is 16. The van der Waals surface area contributed by atoms with Gasteiger partial charge in [0.2, 0.25) is 23.7 Å². The van der Waals surface area contributed by atoms with Crippen molar-refractivity contribution >= 4 is 29.6 Å². The summed E-state index contributed by atoms with van der Waals surface area (Å²) in [7, 11) is 0. The zero-order valence-electron chi connectivity index (χ0n) is 23.1. The van der Waals surface area contributed by atoms with Crippen LogP contribution < -0.4 is 21.3 Å². The average molecular weight is 571 g/mol. The van der Waals surface area contributed by atoms with Gasteiger partial charge in [-0.1, -0.05) is 59.7 Å². The first-order valence-corrected chi connectivity index (χ1v) is 13.8. The number of nitrogens with one attached hydrogen (secondary N) is 5. The van der Waals surface area contributed by atoms with Gasteiger partial charge in [-0.25, -0.2) is 9.97 Å². The summed E-state index contributed by atoms with van der Waals surface area (Å²) in [6.45, 7) is 1.14. The van der Waals surface area contributed by atoms with E-state index in [9.17, 15) is 14.4 Å². The Kier molecular flexibility index (Phi) is 11.5. The Bertz CT molecular complexity index is 1380. The lowest BCUT2D eigenvalue weighted by atomic mass is 10.00. The lowest BCUT2D eigenvalue weighted by molar-refractivity contribution is -0.129. The fourth-order valence-corrected chi connectivity index (χ4v) is 4.16. The number of carbonyl (C=O) groups excluding carboxylic acids is 3. The SMILES string of the molecule is O=C(CCCC(=O)N[C@@H](Cc1ccc(-c2ccccc2)cc1)C(=O)NCCCCNc1ncccn1)Nc1nn[nH]n1. The number of unbranched alkanes of at least 4 members (excludes halogenated alkanes) is 1. The summed E-state index contributed by atoms with van der Waals surface area (Å²) in [5, 5.41) is 24.4. The smallest absolute Gasteiger partial charge is 0.269 e. The number of amides is 3. The molecular weight excluding hydrogens is 536 g/mol. The molecule has 1 atom stereocenters. The van der Waals surface area contributed by atoms with Crippen LogP contribution in [0.4, 0.5) is 11.9 Å². The molecule has 0 aliphatic rings. The molecule has 218 valence electrons. The monoisotopic (exact) mass is 570 g/mol. The van der Waals surface area contributed by atoms with Crippen molar-refractivity contribution in [2.24, 2.45) is 0 Å². The Morgan fingerprint density at radius 3 is 2.21 bits per heavy atom. The van der Waals surface area contributed by atoms with Gasteiger partial charge in [-0.15, -0.1) is 5.10 Å². The fraction of sp³-hybridized carbons (Fsp3) is 0.310. The molecule has 2 aromatic heterocycles. The number of aromatic amines is 1. The number of tetrazole rings is 1. The molecule has 0 aliphatic heterocycles. The Morgan fingerprint density at radius 2 is 1.48 bits per heavy atom. The highest BCUT2D eigenvalue weighted by molar-refractivity contribution is 5.90. The lowest BCUT2D eigenvalue weighted by Crippen LogP contribution is -2.48. The number of anilines is 2. The molecule has 5 N–H and O–H groups in total. The molecule has 13 nitrogen and oxygen atoms in total. The quantitative estimate of drug-likeness (QED) is 0.127. The zero-order valence-corrected chi connectivity index (χ0v) is 23.1. The molecule has 0 fully saturated rings. The van der Waals surface area contributed by atoms with Crippen LogP contribution in [0.2, 0.25) is 0 Å². The first-order chi connectivity index (χ1) is 20.6. The van der Waals surface area contributed by atoms with Gasteiger partial charge in [0.05, 0.1) is 0 Å². The molecule has 0 spiro atoms. The third-order valence-electron chi connectivity index (χ3n) is 6.31. The second kappa shape index (κ2) is 16.2. The largest absolute Gasteiger partial charge is 0.354 e. The van der Waals surface area contributed by atoms with Gasteiger partial charge in [0.25, 0.3) is 5.95 Å². The number of hydrogen-bond donors (Lipinski definition) is 5. The predicted octanol–water partition coefficient (Wildman–Crippen LogP) is 2.50. The molecule has 0 saturated carbocycles. The van der Waals surface area contributed by atoms with Gasteiger partial charge in [0.15, 0.2) is 0 Å². The van der Waals surface area contributed by atoms with Gasteiger partial charge in [-0.3, -0.25) is 19.7 Å². The molecule has 4 rings (SSSR count). The van der Waals surface area contributed by atoms with E-state index >= 15 is 0 Å². The molecule has 0 radical (unpaired) electrons. The predicted molar refractivity (Wildman–Crippen MR) is 157 cm³/mol. The van der Waals surface area contributed by atoms with Gasteiger partial charge in [-0.05, 0) is 47.2 Å². The normalized spacial score (nSPS) is 11.3. The number of aromatic nitrogens is 6. The summed E-state index contributed by atoms with van der Waals surface area (Å²) < 4.78 is 0. The summed E-state index contributed by atoms with van der Waals surface area (Å²) in [4.78, 5) is 46.2. The minimum Gasteiger partial charge on any atom is -0.354 e. The van der Waals surface area contributed by atoms with Crippen LogP contribution in [-0.4, -0.2) is 67.4 Å². The molecule has 13 heteroatoms. The highest BCUT2D eigenvalue weighted by atomic mass is 16.2. The number of nitrogens with zero attached hydrogens (tertiary/aromatic N) is 5. The van der Waals surface area contributed by atoms with Crippen LogP contribution in [0.5, 0.6) is 0 Å². The van der Waals surface area contributed by atoms with E-state index in [1.165, 1.54) is 0 Å². The maximum atomic E-state index is 13.1. The van der Waals surface area contributed by atoms with E-state index in [1.807, 2.05) is 54.6 Å². The van der Waals surface area contributed by atoms with Crippen LogP contribution in [0.15, 0.2) is 73.1 Å². The van der Waals surface area contributed by atoms with Crippen molar-refractivity contribution in [2.75, 3.05) is 23.7 Å². The van der Waals surface area contributed by atoms with Gasteiger partial charge in [-0.2, -0.15) is 5.21 Å². The summed E-state index contributed by atoms with van der Waals surface area (Å²) in [5.74, 6) is -0.260. The van der Waals surface area contributed by atoms with E-state index in [0.717, 1.165) is 29.5 Å². The van der Waals surface area contributed by atoms with Crippen molar-refractivity contribution in [3.8, 4) is 11.1 Å². The first kappa shape index (κ1) is 29.8. The number of H-pyrrole nitrogens is 1. The van der Waals surface area contributed by atoms with Crippen LogP contribution in [0, 0.1) is 0 Å². The van der Waals surface area contributed by atoms with Crippen LogP contribution in [0.3, 0.4) is 0 Å². The minimum absolute atomic E-state index is 0.0728. The first-order valence-electron chi connectivity index (χ1n) is 13.8. The number of hydrogen-bond acceptors (Lipinski definition) is 9. The summed E-state index contributed by atoms with van der Waals surface area (Å²) in [5.41, 5.74) is 3.09. The minimum atomic E-state index is -0.760. The molecule has 2 heterocycles. The Morgan fingerprint density at radius 1 is 0.762 bits per heavy atom. The van der Waals surface area contributed by atoms with Crippen molar-refractivity contribution in [1.82, 2.24) is 41.2 Å². The molecule has 3 amide bonds. The second-order valence-corrected chi connectivity index (χ2v) is 9.52. The molecule has 0 aliphatic carbocycles. The van der Waals surface area contributed by atoms with Gasteiger partial charge in [0.1, 0.15) is 6.04 Å². The van der Waals surface area contributed by atoms with Crippen molar-refractivity contribution in [3.05, 3.63) is 78.6 Å². The molecular formula is C29H34N10O3. The molecule has 4 aromatic rings. The van der Waals surface area contributed by atoms with Gasteiger partial charge in [0, 0.05) is 44.7 Å². The maximum absolute atomic E-state index is 13.1. The molecule has 0 saturated heterocycles. The van der Waals surface area contributed by atoms with Gasteiger partial charge >= 0.3 is 0 Å². The lowest BCUT2D eigenvalue weighted by Gasteiger charge is -2.19. The van der Waals surface area contributed by atoms with Gasteiger partial charge < -0.3 is 16.0 Å². The Balaban J connectivity index is 1.27. The summed E-state index contributed by atoms with van der Waals surface area (Å²) in [6.07, 6.45) is 5.71. The van der Waals surface area contributed by atoms with E-state index in [4.69, 9.17) is 0 Å². The Hall–Kier alpha value is -5.20. The molecule has 2 aromatic carbocycles. The second-order valence-electron chi connectivity index (χ2n) is 9.52. The topological polar surface area (TPSA) is 180 Å². The standard InChI is InChI=1S/C29H34N10O3/c40-25(10-6-11-26(41)35-29-36-38-39-37-29)34-24(20-21-12-14-23(15-13-21)22-8-2-1-3-9-22)27(42)30-16-4-5-17-31-28-32-18-7-19-33-28/h1-3,7-9,12-15,18-19,24H,4-6,10-11,16-17,20H2,(H,30,42)(H,34,40)(H,31,32,33)(H2,35,36,37,38,39,41)/t24-/m0/s1. The summed E-state index contributed by atoms with van der Waals surface area (Å²) >= 11 is 0. The highest BCUT2D eigenvalue weighted by Gasteiger charge is 2.21. The van der Waals surface area contributed by atoms with E-state index in [2.05, 4.69) is 51.9 Å². The van der Waals surface area contributed by atoms with E-state index in [1.54, 1.807) is 18.5 Å². The third kappa shape index (κ3) is 10.1. The Labute approximate surface area is 243 Å². The number of carbonyl (C=O) groups is 3. The molecule has 42 heavy (non-hydrogen) atoms. The fourth-order valence-electron chi connectivity index (χ4n) is 4.16. The zero-order chi connectivity index (χ0) is 29.4. The van der Waals surface area contributed by atoms with E-state index in [-0.39, 0.29) is 36.5 Å². The van der Waals surface area contributed by atoms with Crippen LogP contribution in [0.25, 0.3) is 11.1 Å². The third-order valence-corrected chi connectivity index (χ3v) is 6.31. The van der Waals surface area contributed by atoms with Crippen LogP contribution in [0.1, 0.15) is 37.7 Å². The summed E-state index contributed by atoms with van der Waals surface area (Å²) in [6, 6.07) is 19.0. The van der Waals surface area contributed by atoms with Crippen molar-refractivity contribution in [1.29, 1.82) is 0 Å². The average Bonchev–Trinajstić information content (AvgIpc) is 3.53. The van der Waals surface area contributed by atoms with Crippen molar-refractivity contribution < 1.29 is 14.4 Å². The van der Waals surface area contributed by atoms with Crippen LogP contribution in [-0.2, 0) is 20.8 Å². The maximum Gasteiger partial charge on any atom is 0.269 e. The highest BCUT2D eigenvalue weighted by Crippen LogP contribution is 2.20. The van der Waals surface area contributed by atoms with E-state index < -0.39 is 6.04 Å². The molecule has 0 bridgehead atoms.